The molecule has 7 heteroatoms. The molecule has 21 heavy (non-hydrogen) atoms. The van der Waals surface area contributed by atoms with Gasteiger partial charge in [0.1, 0.15) is 5.01 Å². The Morgan fingerprint density at radius 1 is 1.29 bits per heavy atom. The summed E-state index contributed by atoms with van der Waals surface area (Å²) in [4.78, 5) is 12.8. The van der Waals surface area contributed by atoms with Crippen molar-refractivity contribution in [3.05, 3.63) is 34.8 Å². The number of hydrogen-bond donors (Lipinski definition) is 1. The van der Waals surface area contributed by atoms with Crippen LogP contribution in [0.2, 0.25) is 0 Å². The molecule has 2 aromatic rings. The van der Waals surface area contributed by atoms with Gasteiger partial charge in [-0.2, -0.15) is 0 Å². The van der Waals surface area contributed by atoms with Crippen LogP contribution in [0, 0.1) is 0 Å². The van der Waals surface area contributed by atoms with Gasteiger partial charge in [0, 0.05) is 33.9 Å². The van der Waals surface area contributed by atoms with Crippen LogP contribution in [0.1, 0.15) is 35.1 Å². The monoisotopic (exact) mass is 323 g/mol. The van der Waals surface area contributed by atoms with Crippen LogP contribution in [0.4, 0.5) is 5.13 Å². The van der Waals surface area contributed by atoms with Crippen LogP contribution in [-0.2, 0) is 17.2 Å². The van der Waals surface area contributed by atoms with Gasteiger partial charge in [-0.1, -0.05) is 24.7 Å². The van der Waals surface area contributed by atoms with Gasteiger partial charge in [-0.05, 0) is 30.7 Å². The summed E-state index contributed by atoms with van der Waals surface area (Å²) < 4.78 is 11.3. The van der Waals surface area contributed by atoms with E-state index in [2.05, 4.69) is 22.4 Å². The van der Waals surface area contributed by atoms with Gasteiger partial charge in [0.15, 0.2) is 0 Å². The fourth-order valence-corrected chi connectivity index (χ4v) is 3.00. The van der Waals surface area contributed by atoms with Gasteiger partial charge in [-0.3, -0.25) is 14.3 Å². The third kappa shape index (κ3) is 4.44. The van der Waals surface area contributed by atoms with Gasteiger partial charge < -0.3 is 0 Å². The fourth-order valence-electron chi connectivity index (χ4n) is 1.70. The van der Waals surface area contributed by atoms with Crippen LogP contribution >= 0.6 is 11.3 Å². The molecule has 0 fully saturated rings. The standard InChI is InChI=1S/C14H17N3O2S2/c1-3-4-5-12-16-17-14(20-12)15-13(18)10-6-8-11(9-7-10)21(2)19/h6-9H,3-5H2,1-2H3,(H,15,17,18). The lowest BCUT2D eigenvalue weighted by molar-refractivity contribution is 0.102. The maximum atomic E-state index is 12.1. The summed E-state index contributed by atoms with van der Waals surface area (Å²) in [6.45, 7) is 2.12. The molecule has 0 spiro atoms. The van der Waals surface area contributed by atoms with Crippen LogP contribution in [0.15, 0.2) is 29.2 Å². The van der Waals surface area contributed by atoms with Gasteiger partial charge in [-0.25, -0.2) is 0 Å². The minimum Gasteiger partial charge on any atom is -0.296 e. The van der Waals surface area contributed by atoms with Crippen molar-refractivity contribution in [1.82, 2.24) is 10.2 Å². The molecule has 0 aliphatic heterocycles. The number of unbranched alkanes of at least 4 members (excludes halogenated alkanes) is 1. The molecule has 112 valence electrons. The van der Waals surface area contributed by atoms with Crippen molar-refractivity contribution in [3.8, 4) is 0 Å². The highest BCUT2D eigenvalue weighted by Crippen LogP contribution is 2.18. The lowest BCUT2D eigenvalue weighted by Crippen LogP contribution is -2.11. The minimum absolute atomic E-state index is 0.235. The van der Waals surface area contributed by atoms with Crippen LogP contribution < -0.4 is 5.32 Å². The predicted octanol–water partition coefficient (Wildman–Crippen LogP) is 2.87. The average Bonchev–Trinajstić information content (AvgIpc) is 2.92. The Kier molecular flexibility index (Phi) is 5.58. The summed E-state index contributed by atoms with van der Waals surface area (Å²) in [5.74, 6) is -0.235. The van der Waals surface area contributed by atoms with Crippen LogP contribution in [-0.4, -0.2) is 26.6 Å². The highest BCUT2D eigenvalue weighted by atomic mass is 32.2. The molecule has 1 atom stereocenters. The van der Waals surface area contributed by atoms with E-state index in [9.17, 15) is 9.00 Å². The number of aryl methyl sites for hydroxylation is 1. The molecule has 2 rings (SSSR count). The lowest BCUT2D eigenvalue weighted by atomic mass is 10.2. The highest BCUT2D eigenvalue weighted by Gasteiger charge is 2.10. The number of carbonyl (C=O) groups is 1. The summed E-state index contributed by atoms with van der Waals surface area (Å²) in [5, 5.41) is 12.2. The zero-order chi connectivity index (χ0) is 15.2. The Bertz CT molecular complexity index is 638. The smallest absolute Gasteiger partial charge is 0.257 e. The van der Waals surface area contributed by atoms with Crippen molar-refractivity contribution in [1.29, 1.82) is 0 Å². The summed E-state index contributed by atoms with van der Waals surface area (Å²) >= 11 is 1.40. The quantitative estimate of drug-likeness (QED) is 0.887. The Hall–Kier alpha value is -1.60. The third-order valence-electron chi connectivity index (χ3n) is 2.88. The molecule has 1 heterocycles. The molecule has 0 saturated heterocycles. The molecule has 0 aliphatic carbocycles. The van der Waals surface area contributed by atoms with Crippen molar-refractivity contribution < 1.29 is 9.00 Å². The number of nitrogens with zero attached hydrogens (tertiary/aromatic N) is 2. The van der Waals surface area contributed by atoms with E-state index in [-0.39, 0.29) is 5.91 Å². The zero-order valence-corrected chi connectivity index (χ0v) is 13.6. The van der Waals surface area contributed by atoms with Gasteiger partial charge in [-0.15, -0.1) is 10.2 Å². The molecule has 1 N–H and O–H groups in total. The maximum absolute atomic E-state index is 12.1. The first kappa shape index (κ1) is 15.8. The summed E-state index contributed by atoms with van der Waals surface area (Å²) in [6, 6.07) is 6.70. The normalized spacial score (nSPS) is 12.1. The SMILES string of the molecule is CCCCc1nnc(NC(=O)c2ccc(S(C)=O)cc2)s1. The van der Waals surface area contributed by atoms with Gasteiger partial charge in [0.05, 0.1) is 0 Å². The second-order valence-electron chi connectivity index (χ2n) is 4.54. The zero-order valence-electron chi connectivity index (χ0n) is 12.0. The number of nitrogens with one attached hydrogen (secondary N) is 1. The molecule has 1 aromatic heterocycles. The van der Waals surface area contributed by atoms with Crippen molar-refractivity contribution in [2.24, 2.45) is 0 Å². The maximum Gasteiger partial charge on any atom is 0.257 e. The minimum atomic E-state index is -1.04. The Morgan fingerprint density at radius 2 is 2.00 bits per heavy atom. The highest BCUT2D eigenvalue weighted by molar-refractivity contribution is 7.84. The first-order valence-corrected chi connectivity index (χ1v) is 9.05. The average molecular weight is 323 g/mol. The Morgan fingerprint density at radius 3 is 2.62 bits per heavy atom. The molecule has 5 nitrogen and oxygen atoms in total. The molecule has 0 bridgehead atoms. The van der Waals surface area contributed by atoms with E-state index in [1.165, 1.54) is 11.3 Å². The van der Waals surface area contributed by atoms with E-state index >= 15 is 0 Å². The Labute approximate surface area is 130 Å². The summed E-state index contributed by atoms with van der Waals surface area (Å²) in [6.07, 6.45) is 4.67. The summed E-state index contributed by atoms with van der Waals surface area (Å²) in [7, 11) is -1.04. The molecular weight excluding hydrogens is 306 g/mol. The van der Waals surface area contributed by atoms with E-state index in [4.69, 9.17) is 0 Å². The molecular formula is C14H17N3O2S2. The molecule has 0 aliphatic rings. The van der Waals surface area contributed by atoms with Crippen molar-refractivity contribution >= 4 is 33.2 Å². The number of aromatic nitrogens is 2. The third-order valence-corrected chi connectivity index (χ3v) is 4.71. The van der Waals surface area contributed by atoms with E-state index in [0.717, 1.165) is 24.3 Å². The van der Waals surface area contributed by atoms with E-state index < -0.39 is 10.8 Å². The lowest BCUT2D eigenvalue weighted by Gasteiger charge is -2.02. The van der Waals surface area contributed by atoms with Crippen molar-refractivity contribution in [3.63, 3.8) is 0 Å². The van der Waals surface area contributed by atoms with Crippen molar-refractivity contribution in [2.75, 3.05) is 11.6 Å². The molecule has 0 radical (unpaired) electrons. The molecule has 1 aromatic carbocycles. The summed E-state index contributed by atoms with van der Waals surface area (Å²) in [5.41, 5.74) is 0.509. The Balaban J connectivity index is 2.00. The van der Waals surface area contributed by atoms with Crippen molar-refractivity contribution in [2.45, 2.75) is 31.1 Å². The van der Waals surface area contributed by atoms with Gasteiger partial charge >= 0.3 is 0 Å². The fraction of sp³-hybridized carbons (Fsp3) is 0.357. The predicted molar refractivity (Wildman–Crippen MR) is 85.2 cm³/mol. The van der Waals surface area contributed by atoms with Crippen LogP contribution in [0.3, 0.4) is 0 Å². The van der Waals surface area contributed by atoms with E-state index in [1.807, 2.05) is 0 Å². The van der Waals surface area contributed by atoms with E-state index in [1.54, 1.807) is 30.5 Å². The van der Waals surface area contributed by atoms with Crippen LogP contribution in [0.5, 0.6) is 0 Å². The molecule has 0 saturated carbocycles. The second-order valence-corrected chi connectivity index (χ2v) is 6.98. The number of benzene rings is 1. The molecule has 1 unspecified atom stereocenters. The number of hydrogen-bond acceptors (Lipinski definition) is 5. The number of carbonyl (C=O) groups excluding carboxylic acids is 1. The number of anilines is 1. The molecule has 1 amide bonds. The van der Waals surface area contributed by atoms with Gasteiger partial charge in [0.2, 0.25) is 5.13 Å². The topological polar surface area (TPSA) is 72.0 Å². The number of amides is 1. The van der Waals surface area contributed by atoms with Gasteiger partial charge in [0.25, 0.3) is 5.91 Å². The largest absolute Gasteiger partial charge is 0.296 e. The van der Waals surface area contributed by atoms with E-state index in [0.29, 0.717) is 15.6 Å². The second kappa shape index (κ2) is 7.42. The number of rotatable bonds is 6. The van der Waals surface area contributed by atoms with Crippen LogP contribution in [0.25, 0.3) is 0 Å². The first-order valence-electron chi connectivity index (χ1n) is 6.67. The first-order chi connectivity index (χ1) is 10.1.